The average molecular weight is 262 g/mol. The van der Waals surface area contributed by atoms with Crippen LogP contribution in [0.15, 0.2) is 23.6 Å². The Morgan fingerprint density at radius 2 is 2.17 bits per heavy atom. The third-order valence-corrected chi connectivity index (χ3v) is 3.49. The Labute approximate surface area is 112 Å². The van der Waals surface area contributed by atoms with Gasteiger partial charge in [0.05, 0.1) is 11.8 Å². The molecule has 0 radical (unpaired) electrons. The average Bonchev–Trinajstić information content (AvgIpc) is 2.80. The molecule has 1 aromatic heterocycles. The van der Waals surface area contributed by atoms with Crippen molar-refractivity contribution in [3.8, 4) is 16.3 Å². The van der Waals surface area contributed by atoms with Gasteiger partial charge in [-0.1, -0.05) is 0 Å². The van der Waals surface area contributed by atoms with E-state index in [0.29, 0.717) is 6.54 Å². The smallest absolute Gasteiger partial charge is 0.123 e. The van der Waals surface area contributed by atoms with Crippen LogP contribution in [0.1, 0.15) is 25.1 Å². The summed E-state index contributed by atoms with van der Waals surface area (Å²) in [5.41, 5.74) is 8.76. The fraction of sp³-hybridized carbons (Fsp3) is 0.357. The fourth-order valence-corrected chi connectivity index (χ4v) is 2.53. The highest BCUT2D eigenvalue weighted by molar-refractivity contribution is 7.13. The highest BCUT2D eigenvalue weighted by Crippen LogP contribution is 2.28. The Hall–Kier alpha value is -1.39. The molecule has 1 heterocycles. The maximum atomic E-state index is 5.73. The molecule has 0 saturated heterocycles. The van der Waals surface area contributed by atoms with E-state index < -0.39 is 0 Å². The van der Waals surface area contributed by atoms with Crippen LogP contribution >= 0.6 is 11.3 Å². The van der Waals surface area contributed by atoms with Crippen LogP contribution in [0.5, 0.6) is 5.75 Å². The number of hydrogen-bond acceptors (Lipinski definition) is 4. The Bertz CT molecular complexity index is 534. The number of aryl methyl sites for hydroxylation is 1. The van der Waals surface area contributed by atoms with Gasteiger partial charge in [0.15, 0.2) is 0 Å². The molecular formula is C14H18N2OS. The number of nitrogens with two attached hydrogens (primary N) is 1. The van der Waals surface area contributed by atoms with Gasteiger partial charge in [-0.05, 0) is 44.5 Å². The van der Waals surface area contributed by atoms with Gasteiger partial charge in [-0.25, -0.2) is 4.98 Å². The van der Waals surface area contributed by atoms with Crippen molar-refractivity contribution in [3.63, 3.8) is 0 Å². The lowest BCUT2D eigenvalue weighted by molar-refractivity contribution is 0.241. The summed E-state index contributed by atoms with van der Waals surface area (Å²) in [5, 5.41) is 3.01. The van der Waals surface area contributed by atoms with Gasteiger partial charge in [-0.3, -0.25) is 0 Å². The van der Waals surface area contributed by atoms with Crippen LogP contribution in [0.3, 0.4) is 0 Å². The maximum Gasteiger partial charge on any atom is 0.123 e. The standard InChI is InChI=1S/C14H18N2OS/c1-9(2)17-13-5-4-11(6-10(13)3)14-16-12(7-15)8-18-14/h4-6,8-9H,7,15H2,1-3H3. The molecule has 0 aliphatic heterocycles. The molecule has 0 spiro atoms. The third kappa shape index (κ3) is 2.89. The van der Waals surface area contributed by atoms with E-state index >= 15 is 0 Å². The van der Waals surface area contributed by atoms with Crippen LogP contribution in [0, 0.1) is 6.92 Å². The van der Waals surface area contributed by atoms with Crippen molar-refractivity contribution < 1.29 is 4.74 Å². The molecule has 4 heteroatoms. The highest BCUT2D eigenvalue weighted by Gasteiger charge is 2.07. The van der Waals surface area contributed by atoms with Crippen molar-refractivity contribution in [1.29, 1.82) is 0 Å². The molecule has 0 unspecified atom stereocenters. The molecule has 2 N–H and O–H groups in total. The van der Waals surface area contributed by atoms with Gasteiger partial charge in [0.2, 0.25) is 0 Å². The zero-order valence-corrected chi connectivity index (χ0v) is 11.8. The van der Waals surface area contributed by atoms with E-state index in [2.05, 4.69) is 18.0 Å². The number of nitrogens with zero attached hydrogens (tertiary/aromatic N) is 1. The second-order valence-corrected chi connectivity index (χ2v) is 5.35. The van der Waals surface area contributed by atoms with Crippen molar-refractivity contribution in [2.24, 2.45) is 5.73 Å². The van der Waals surface area contributed by atoms with E-state index in [1.807, 2.05) is 31.4 Å². The van der Waals surface area contributed by atoms with E-state index in [-0.39, 0.29) is 6.10 Å². The molecule has 0 fully saturated rings. The Morgan fingerprint density at radius 1 is 1.39 bits per heavy atom. The summed E-state index contributed by atoms with van der Waals surface area (Å²) in [6, 6.07) is 6.16. The first kappa shape index (κ1) is 13.1. The SMILES string of the molecule is Cc1cc(-c2nc(CN)cs2)ccc1OC(C)C. The van der Waals surface area contributed by atoms with Crippen molar-refractivity contribution in [3.05, 3.63) is 34.8 Å². The Kier molecular flexibility index (Phi) is 3.99. The summed E-state index contributed by atoms with van der Waals surface area (Å²) in [4.78, 5) is 4.48. The third-order valence-electron chi connectivity index (χ3n) is 2.55. The Balaban J connectivity index is 2.28. The fourth-order valence-electron chi connectivity index (χ4n) is 1.70. The maximum absolute atomic E-state index is 5.73. The van der Waals surface area contributed by atoms with Gasteiger partial charge in [-0.15, -0.1) is 11.3 Å². The monoisotopic (exact) mass is 262 g/mol. The van der Waals surface area contributed by atoms with E-state index in [1.54, 1.807) is 11.3 Å². The van der Waals surface area contributed by atoms with Crippen LogP contribution in [0.4, 0.5) is 0 Å². The molecule has 1 aromatic carbocycles. The van der Waals surface area contributed by atoms with E-state index in [4.69, 9.17) is 10.5 Å². The van der Waals surface area contributed by atoms with Gasteiger partial charge in [0, 0.05) is 17.5 Å². The first-order chi connectivity index (χ1) is 8.60. The number of ether oxygens (including phenoxy) is 1. The summed E-state index contributed by atoms with van der Waals surface area (Å²) < 4.78 is 5.73. The van der Waals surface area contributed by atoms with Crippen molar-refractivity contribution in [2.45, 2.75) is 33.4 Å². The van der Waals surface area contributed by atoms with Crippen molar-refractivity contribution in [2.75, 3.05) is 0 Å². The van der Waals surface area contributed by atoms with Crippen LogP contribution in [-0.4, -0.2) is 11.1 Å². The second kappa shape index (κ2) is 5.50. The van der Waals surface area contributed by atoms with Crippen molar-refractivity contribution in [1.82, 2.24) is 4.98 Å². The molecule has 2 rings (SSSR count). The van der Waals surface area contributed by atoms with Gasteiger partial charge in [-0.2, -0.15) is 0 Å². The molecule has 0 atom stereocenters. The number of hydrogen-bond donors (Lipinski definition) is 1. The van der Waals surface area contributed by atoms with Gasteiger partial charge < -0.3 is 10.5 Å². The predicted octanol–water partition coefficient (Wildman–Crippen LogP) is 3.36. The minimum absolute atomic E-state index is 0.193. The number of aromatic nitrogens is 1. The van der Waals surface area contributed by atoms with E-state index in [1.165, 1.54) is 0 Å². The highest BCUT2D eigenvalue weighted by atomic mass is 32.1. The Morgan fingerprint density at radius 3 is 2.72 bits per heavy atom. The number of rotatable bonds is 4. The quantitative estimate of drug-likeness (QED) is 0.919. The van der Waals surface area contributed by atoms with Crippen LogP contribution in [0.2, 0.25) is 0 Å². The largest absolute Gasteiger partial charge is 0.491 e. The summed E-state index contributed by atoms with van der Waals surface area (Å²) >= 11 is 1.62. The van der Waals surface area contributed by atoms with Gasteiger partial charge >= 0.3 is 0 Å². The lowest BCUT2D eigenvalue weighted by Gasteiger charge is -2.12. The minimum atomic E-state index is 0.193. The molecular weight excluding hydrogens is 244 g/mol. The lowest BCUT2D eigenvalue weighted by atomic mass is 10.1. The zero-order valence-electron chi connectivity index (χ0n) is 10.9. The van der Waals surface area contributed by atoms with Crippen molar-refractivity contribution >= 4 is 11.3 Å². The summed E-state index contributed by atoms with van der Waals surface area (Å²) in [5.74, 6) is 0.935. The summed E-state index contributed by atoms with van der Waals surface area (Å²) in [7, 11) is 0. The number of benzene rings is 1. The normalized spacial score (nSPS) is 10.9. The van der Waals surface area contributed by atoms with E-state index in [9.17, 15) is 0 Å². The summed E-state index contributed by atoms with van der Waals surface area (Å²) in [6.45, 7) is 6.60. The minimum Gasteiger partial charge on any atom is -0.491 e. The first-order valence-electron chi connectivity index (χ1n) is 6.02. The van der Waals surface area contributed by atoms with Crippen LogP contribution < -0.4 is 10.5 Å². The van der Waals surface area contributed by atoms with Crippen LogP contribution in [-0.2, 0) is 6.54 Å². The molecule has 0 bridgehead atoms. The molecule has 0 aliphatic rings. The molecule has 0 aliphatic carbocycles. The molecule has 96 valence electrons. The second-order valence-electron chi connectivity index (χ2n) is 4.50. The molecule has 18 heavy (non-hydrogen) atoms. The molecule has 2 aromatic rings. The lowest BCUT2D eigenvalue weighted by Crippen LogP contribution is -2.06. The van der Waals surface area contributed by atoms with Gasteiger partial charge in [0.1, 0.15) is 10.8 Å². The number of thiazole rings is 1. The van der Waals surface area contributed by atoms with Crippen LogP contribution in [0.25, 0.3) is 10.6 Å². The first-order valence-corrected chi connectivity index (χ1v) is 6.90. The predicted molar refractivity (Wildman–Crippen MR) is 75.9 cm³/mol. The van der Waals surface area contributed by atoms with Gasteiger partial charge in [0.25, 0.3) is 0 Å². The van der Waals surface area contributed by atoms with E-state index in [0.717, 1.165) is 27.6 Å². The molecule has 0 saturated carbocycles. The topological polar surface area (TPSA) is 48.1 Å². The summed E-state index contributed by atoms with van der Waals surface area (Å²) in [6.07, 6.45) is 0.193. The molecule has 3 nitrogen and oxygen atoms in total. The zero-order chi connectivity index (χ0) is 13.1. The molecule has 0 amide bonds.